The smallest absolute Gasteiger partial charge is 0.333 e. The van der Waals surface area contributed by atoms with E-state index >= 15 is 0 Å². The number of carboxylic acids is 1. The molecule has 5 nitrogen and oxygen atoms in total. The van der Waals surface area contributed by atoms with E-state index in [0.717, 1.165) is 0 Å². The van der Waals surface area contributed by atoms with E-state index < -0.39 is 17.5 Å². The summed E-state index contributed by atoms with van der Waals surface area (Å²) < 4.78 is 5.14. The number of ether oxygens (including phenoxy) is 1. The lowest BCUT2D eigenvalue weighted by atomic mass is 9.93. The van der Waals surface area contributed by atoms with Crippen LogP contribution < -0.4 is 4.74 Å². The normalized spacial score (nSPS) is 18.9. The van der Waals surface area contributed by atoms with Crippen molar-refractivity contribution in [3.63, 3.8) is 0 Å². The van der Waals surface area contributed by atoms with E-state index in [2.05, 4.69) is 4.98 Å². The highest BCUT2D eigenvalue weighted by Gasteiger charge is 2.56. The number of hydrogen-bond acceptors (Lipinski definition) is 4. The summed E-state index contributed by atoms with van der Waals surface area (Å²) in [4.78, 5) is 15.0. The van der Waals surface area contributed by atoms with Crippen LogP contribution >= 0.6 is 0 Å². The largest absolute Gasteiger partial charge is 0.495 e. The molecule has 2 N–H and O–H groups in total. The molecule has 1 atom stereocenters. The van der Waals surface area contributed by atoms with E-state index in [1.165, 1.54) is 7.11 Å². The minimum Gasteiger partial charge on any atom is -0.495 e. The van der Waals surface area contributed by atoms with Crippen LogP contribution in [-0.2, 0) is 10.2 Å². The van der Waals surface area contributed by atoms with Crippen LogP contribution in [0.4, 0.5) is 0 Å². The van der Waals surface area contributed by atoms with Gasteiger partial charge in [-0.05, 0) is 25.0 Å². The van der Waals surface area contributed by atoms with E-state index in [1.807, 2.05) is 0 Å². The zero-order valence-corrected chi connectivity index (χ0v) is 8.88. The van der Waals surface area contributed by atoms with Crippen molar-refractivity contribution in [3.05, 3.63) is 24.0 Å². The van der Waals surface area contributed by atoms with Gasteiger partial charge in [-0.25, -0.2) is 4.79 Å². The van der Waals surface area contributed by atoms with Crippen LogP contribution in [0.2, 0.25) is 0 Å². The highest BCUT2D eigenvalue weighted by atomic mass is 16.5. The molecule has 1 saturated carbocycles. The number of aromatic nitrogens is 1. The highest BCUT2D eigenvalue weighted by Crippen LogP contribution is 2.52. The Bertz CT molecular complexity index is 414. The van der Waals surface area contributed by atoms with E-state index in [4.69, 9.17) is 9.84 Å². The first-order valence-corrected chi connectivity index (χ1v) is 5.02. The van der Waals surface area contributed by atoms with Crippen LogP contribution in [0.15, 0.2) is 18.3 Å². The molecule has 0 aromatic carbocycles. The van der Waals surface area contributed by atoms with Crippen molar-refractivity contribution in [2.75, 3.05) is 7.11 Å². The van der Waals surface area contributed by atoms with Crippen molar-refractivity contribution in [1.29, 1.82) is 0 Å². The Morgan fingerprint density at radius 2 is 2.31 bits per heavy atom. The molecule has 2 rings (SSSR count). The molecule has 1 aliphatic rings. The van der Waals surface area contributed by atoms with E-state index in [9.17, 15) is 9.90 Å². The summed E-state index contributed by atoms with van der Waals surface area (Å²) >= 11 is 0. The van der Waals surface area contributed by atoms with Gasteiger partial charge in [0.25, 0.3) is 0 Å². The average Bonchev–Trinajstić information content (AvgIpc) is 3.09. The fourth-order valence-electron chi connectivity index (χ4n) is 1.94. The van der Waals surface area contributed by atoms with Gasteiger partial charge in [-0.3, -0.25) is 4.98 Å². The van der Waals surface area contributed by atoms with Gasteiger partial charge in [0.1, 0.15) is 5.75 Å². The number of pyridine rings is 1. The van der Waals surface area contributed by atoms with Gasteiger partial charge in [-0.1, -0.05) is 0 Å². The maximum Gasteiger partial charge on any atom is 0.333 e. The first-order valence-electron chi connectivity index (χ1n) is 5.02. The number of nitrogens with zero attached hydrogens (tertiary/aromatic N) is 1. The molecule has 1 aliphatic carbocycles. The summed E-state index contributed by atoms with van der Waals surface area (Å²) in [6, 6.07) is 3.43. The second-order valence-corrected chi connectivity index (χ2v) is 3.95. The molecule has 1 aromatic rings. The molecule has 0 radical (unpaired) electrons. The topological polar surface area (TPSA) is 79.7 Å². The third kappa shape index (κ3) is 1.53. The second-order valence-electron chi connectivity index (χ2n) is 3.95. The zero-order valence-electron chi connectivity index (χ0n) is 8.88. The van der Waals surface area contributed by atoms with Crippen LogP contribution in [0.1, 0.15) is 18.5 Å². The van der Waals surface area contributed by atoms with Crippen molar-refractivity contribution < 1.29 is 19.7 Å². The van der Waals surface area contributed by atoms with Crippen molar-refractivity contribution in [2.45, 2.75) is 24.4 Å². The van der Waals surface area contributed by atoms with Gasteiger partial charge < -0.3 is 14.9 Å². The molecule has 86 valence electrons. The first kappa shape index (κ1) is 10.9. The Labute approximate surface area is 92.7 Å². The van der Waals surface area contributed by atoms with E-state index in [0.29, 0.717) is 24.3 Å². The molecule has 5 heteroatoms. The third-order valence-corrected chi connectivity index (χ3v) is 3.01. The lowest BCUT2D eigenvalue weighted by molar-refractivity contribution is -0.148. The summed E-state index contributed by atoms with van der Waals surface area (Å²) in [6.07, 6.45) is 1.39. The van der Waals surface area contributed by atoms with Crippen LogP contribution in [-0.4, -0.2) is 34.4 Å². The SMILES string of the molecule is COc1cccnc1C1(C(O)C(=O)O)CC1. The van der Waals surface area contributed by atoms with E-state index in [-0.39, 0.29) is 0 Å². The Morgan fingerprint density at radius 1 is 1.62 bits per heavy atom. The predicted octanol–water partition coefficient (Wildman–Crippen LogP) is 0.567. The summed E-state index contributed by atoms with van der Waals surface area (Å²) in [6.45, 7) is 0. The monoisotopic (exact) mass is 223 g/mol. The lowest BCUT2D eigenvalue weighted by Gasteiger charge is -2.20. The number of carboxylic acid groups (broad SMARTS) is 1. The Morgan fingerprint density at radius 3 is 2.81 bits per heavy atom. The van der Waals surface area contributed by atoms with Gasteiger partial charge in [0.05, 0.1) is 18.2 Å². The number of carbonyl (C=O) groups is 1. The van der Waals surface area contributed by atoms with Crippen molar-refractivity contribution in [3.8, 4) is 5.75 Å². The molecule has 0 aliphatic heterocycles. The lowest BCUT2D eigenvalue weighted by Crippen LogP contribution is -2.34. The number of hydrogen-bond donors (Lipinski definition) is 2. The van der Waals surface area contributed by atoms with Gasteiger partial charge in [0, 0.05) is 6.20 Å². The standard InChI is InChI=1S/C11H13NO4/c1-16-7-3-2-6-12-8(7)11(4-5-11)9(13)10(14)15/h2-3,6,9,13H,4-5H2,1H3,(H,14,15). The quantitative estimate of drug-likeness (QED) is 0.780. The van der Waals surface area contributed by atoms with Gasteiger partial charge in [-0.15, -0.1) is 0 Å². The highest BCUT2D eigenvalue weighted by molar-refractivity contribution is 5.75. The van der Waals surface area contributed by atoms with E-state index in [1.54, 1.807) is 18.3 Å². The maximum absolute atomic E-state index is 10.8. The summed E-state index contributed by atoms with van der Waals surface area (Å²) in [5.74, 6) is -0.689. The number of methoxy groups -OCH3 is 1. The first-order chi connectivity index (χ1) is 7.62. The van der Waals surface area contributed by atoms with Gasteiger partial charge >= 0.3 is 5.97 Å². The summed E-state index contributed by atoms with van der Waals surface area (Å²) in [7, 11) is 1.50. The molecule has 0 amide bonds. The predicted molar refractivity (Wildman–Crippen MR) is 55.3 cm³/mol. The van der Waals surface area contributed by atoms with Crippen LogP contribution in [0.25, 0.3) is 0 Å². The summed E-state index contributed by atoms with van der Waals surface area (Å²) in [5, 5.41) is 18.6. The Hall–Kier alpha value is -1.62. The number of aliphatic hydroxyl groups excluding tert-OH is 1. The van der Waals surface area contributed by atoms with Crippen LogP contribution in [0.3, 0.4) is 0 Å². The minimum atomic E-state index is -1.42. The van der Waals surface area contributed by atoms with Crippen LogP contribution in [0, 0.1) is 0 Å². The van der Waals surface area contributed by atoms with Crippen LogP contribution in [0.5, 0.6) is 5.75 Å². The van der Waals surface area contributed by atoms with Gasteiger partial charge in [0.2, 0.25) is 0 Å². The minimum absolute atomic E-state index is 0.528. The molecule has 0 spiro atoms. The molecule has 16 heavy (non-hydrogen) atoms. The van der Waals surface area contributed by atoms with Crippen molar-refractivity contribution in [1.82, 2.24) is 4.98 Å². The number of aliphatic hydroxyl groups is 1. The third-order valence-electron chi connectivity index (χ3n) is 3.01. The number of rotatable bonds is 4. The molecule has 1 heterocycles. The van der Waals surface area contributed by atoms with Crippen molar-refractivity contribution in [2.24, 2.45) is 0 Å². The van der Waals surface area contributed by atoms with Crippen molar-refractivity contribution >= 4 is 5.97 Å². The molecule has 0 saturated heterocycles. The molecule has 1 fully saturated rings. The molecule has 1 unspecified atom stereocenters. The average molecular weight is 223 g/mol. The molecular formula is C11H13NO4. The molecule has 0 bridgehead atoms. The maximum atomic E-state index is 10.8. The fourth-order valence-corrected chi connectivity index (χ4v) is 1.94. The second kappa shape index (κ2) is 3.75. The number of aliphatic carboxylic acids is 1. The summed E-state index contributed by atoms with van der Waals surface area (Å²) in [5.41, 5.74) is -0.231. The fraction of sp³-hybridized carbons (Fsp3) is 0.455. The van der Waals surface area contributed by atoms with Gasteiger partial charge in [-0.2, -0.15) is 0 Å². The zero-order chi connectivity index (χ0) is 11.8. The Balaban J connectivity index is 2.40. The molecular weight excluding hydrogens is 210 g/mol. The molecule has 1 aromatic heterocycles. The van der Waals surface area contributed by atoms with Gasteiger partial charge in [0.15, 0.2) is 6.10 Å². The Kier molecular flexibility index (Phi) is 2.55.